The van der Waals surface area contributed by atoms with E-state index in [1.165, 1.54) is 35.0 Å². The lowest BCUT2D eigenvalue weighted by atomic mass is 9.72. The monoisotopic (exact) mass is 463 g/mol. The quantitative estimate of drug-likeness (QED) is 0.669. The molecule has 2 heterocycles. The zero-order valence-corrected chi connectivity index (χ0v) is 19.4. The maximum Gasteiger partial charge on any atom is 0.251 e. The van der Waals surface area contributed by atoms with Gasteiger partial charge in [0.1, 0.15) is 0 Å². The highest BCUT2D eigenvalue weighted by Gasteiger charge is 2.38. The minimum atomic E-state index is -3.58. The third-order valence-electron chi connectivity index (χ3n) is 7.04. The second-order valence-electron chi connectivity index (χ2n) is 9.31. The molecule has 2 saturated heterocycles. The van der Waals surface area contributed by atoms with Crippen LogP contribution in [-0.2, 0) is 19.6 Å². The lowest BCUT2D eigenvalue weighted by molar-refractivity contribution is -0.130. The molecule has 2 N–H and O–H groups in total. The molecule has 4 atom stereocenters. The molecule has 8 nitrogen and oxygen atoms in total. The number of nitrogens with one attached hydrogen (secondary N) is 2. The summed E-state index contributed by atoms with van der Waals surface area (Å²) in [6, 6.07) is 6.31. The van der Waals surface area contributed by atoms with Crippen molar-refractivity contribution in [3.63, 3.8) is 0 Å². The molecule has 1 aliphatic carbocycles. The van der Waals surface area contributed by atoms with Gasteiger partial charge in [-0.25, -0.2) is 8.42 Å². The number of morpholine rings is 1. The molecule has 4 rings (SSSR count). The summed E-state index contributed by atoms with van der Waals surface area (Å²) >= 11 is 0. The summed E-state index contributed by atoms with van der Waals surface area (Å²) in [5.41, 5.74) is 0.403. The fourth-order valence-electron chi connectivity index (χ4n) is 5.10. The second kappa shape index (κ2) is 9.89. The number of carbonyl (C=O) groups excluding carboxylic acids is 2. The summed E-state index contributed by atoms with van der Waals surface area (Å²) in [6.07, 6.45) is 4.95. The molecule has 32 heavy (non-hydrogen) atoms. The highest BCUT2D eigenvalue weighted by Crippen LogP contribution is 2.36. The van der Waals surface area contributed by atoms with Crippen LogP contribution < -0.4 is 10.6 Å². The van der Waals surface area contributed by atoms with Gasteiger partial charge in [0.05, 0.1) is 18.1 Å². The van der Waals surface area contributed by atoms with Crippen LogP contribution in [0, 0.1) is 17.8 Å². The fourth-order valence-corrected chi connectivity index (χ4v) is 6.51. The van der Waals surface area contributed by atoms with Gasteiger partial charge in [-0.2, -0.15) is 4.31 Å². The van der Waals surface area contributed by atoms with Crippen molar-refractivity contribution in [1.82, 2.24) is 14.9 Å². The number of sulfonamides is 1. The standard InChI is InChI=1S/C23H33N3O5S/c1-16-2-3-18-15-19(23(28)25-21(18)14-16)8-9-24-22(27)17-4-6-20(7-5-17)32(29,30)26-10-12-31-13-11-26/h4-7,16,18-19,21H,2-3,8-15H2,1H3,(H,24,27)(H,25,28). The molecule has 9 heteroatoms. The molecular weight excluding hydrogens is 430 g/mol. The van der Waals surface area contributed by atoms with E-state index < -0.39 is 10.0 Å². The number of ether oxygens (including phenoxy) is 1. The molecule has 0 bridgehead atoms. The summed E-state index contributed by atoms with van der Waals surface area (Å²) < 4.78 is 32.0. The number of carbonyl (C=O) groups is 2. The molecule has 2 amide bonds. The van der Waals surface area contributed by atoms with E-state index in [2.05, 4.69) is 17.6 Å². The maximum absolute atomic E-state index is 12.7. The highest BCUT2D eigenvalue weighted by atomic mass is 32.2. The molecule has 3 aliphatic rings. The molecule has 1 aromatic rings. The van der Waals surface area contributed by atoms with Crippen molar-refractivity contribution in [2.45, 2.75) is 50.0 Å². The Hall–Kier alpha value is -1.97. The Labute approximate surface area is 190 Å². The Balaban J connectivity index is 1.28. The lowest BCUT2D eigenvalue weighted by Gasteiger charge is -2.41. The van der Waals surface area contributed by atoms with Gasteiger partial charge in [0.2, 0.25) is 15.9 Å². The average Bonchev–Trinajstić information content (AvgIpc) is 2.80. The largest absolute Gasteiger partial charge is 0.379 e. The number of nitrogens with zero attached hydrogens (tertiary/aromatic N) is 1. The molecule has 1 aromatic carbocycles. The number of hydrogen-bond donors (Lipinski definition) is 2. The zero-order chi connectivity index (χ0) is 22.7. The average molecular weight is 464 g/mol. The van der Waals surface area contributed by atoms with Gasteiger partial charge in [-0.05, 0) is 61.8 Å². The van der Waals surface area contributed by atoms with Crippen LogP contribution in [-0.4, -0.2) is 63.4 Å². The molecule has 2 aliphatic heterocycles. The van der Waals surface area contributed by atoms with Crippen molar-refractivity contribution >= 4 is 21.8 Å². The van der Waals surface area contributed by atoms with E-state index in [0.29, 0.717) is 62.7 Å². The molecule has 0 spiro atoms. The molecule has 176 valence electrons. The molecule has 3 fully saturated rings. The van der Waals surface area contributed by atoms with E-state index in [9.17, 15) is 18.0 Å². The van der Waals surface area contributed by atoms with Crippen LogP contribution in [0.4, 0.5) is 0 Å². The van der Waals surface area contributed by atoms with E-state index in [1.807, 2.05) is 0 Å². The molecular formula is C23H33N3O5S. The van der Waals surface area contributed by atoms with Crippen molar-refractivity contribution in [3.05, 3.63) is 29.8 Å². The first-order valence-corrected chi connectivity index (χ1v) is 13.0. The Morgan fingerprint density at radius 1 is 1.16 bits per heavy atom. The third-order valence-corrected chi connectivity index (χ3v) is 8.96. The van der Waals surface area contributed by atoms with Gasteiger partial charge in [-0.1, -0.05) is 13.3 Å². The number of benzene rings is 1. The second-order valence-corrected chi connectivity index (χ2v) is 11.2. The van der Waals surface area contributed by atoms with Crippen LogP contribution in [0.5, 0.6) is 0 Å². The molecule has 0 aromatic heterocycles. The normalized spacial score (nSPS) is 29.1. The number of amides is 2. The van der Waals surface area contributed by atoms with Crippen LogP contribution in [0.3, 0.4) is 0 Å². The third kappa shape index (κ3) is 5.15. The van der Waals surface area contributed by atoms with Gasteiger partial charge in [0, 0.05) is 37.2 Å². The van der Waals surface area contributed by atoms with Crippen molar-refractivity contribution < 1.29 is 22.7 Å². The van der Waals surface area contributed by atoms with Gasteiger partial charge in [-0.15, -0.1) is 0 Å². The summed E-state index contributed by atoms with van der Waals surface area (Å²) in [7, 11) is -3.58. The van der Waals surface area contributed by atoms with Crippen LogP contribution in [0.15, 0.2) is 29.2 Å². The van der Waals surface area contributed by atoms with Gasteiger partial charge in [-0.3, -0.25) is 9.59 Å². The first-order chi connectivity index (χ1) is 15.3. The minimum Gasteiger partial charge on any atom is -0.379 e. The topological polar surface area (TPSA) is 105 Å². The fraction of sp³-hybridized carbons (Fsp3) is 0.652. The highest BCUT2D eigenvalue weighted by molar-refractivity contribution is 7.89. The van der Waals surface area contributed by atoms with Gasteiger partial charge in [0.15, 0.2) is 0 Å². The van der Waals surface area contributed by atoms with Crippen molar-refractivity contribution in [3.8, 4) is 0 Å². The van der Waals surface area contributed by atoms with Gasteiger partial charge < -0.3 is 15.4 Å². The predicted molar refractivity (Wildman–Crippen MR) is 120 cm³/mol. The number of piperidine rings is 1. The van der Waals surface area contributed by atoms with Crippen molar-refractivity contribution in [2.24, 2.45) is 17.8 Å². The minimum absolute atomic E-state index is 0.0639. The van der Waals surface area contributed by atoms with Crippen LogP contribution >= 0.6 is 0 Å². The number of fused-ring (bicyclic) bond motifs is 1. The zero-order valence-electron chi connectivity index (χ0n) is 18.6. The summed E-state index contributed by atoms with van der Waals surface area (Å²) in [5, 5.41) is 6.07. The van der Waals surface area contributed by atoms with E-state index in [0.717, 1.165) is 19.3 Å². The number of rotatable bonds is 6. The Morgan fingerprint density at radius 2 is 1.88 bits per heavy atom. The molecule has 4 unspecified atom stereocenters. The van der Waals surface area contributed by atoms with Gasteiger partial charge in [0.25, 0.3) is 5.91 Å². The summed E-state index contributed by atoms with van der Waals surface area (Å²) in [5.74, 6) is 0.993. The van der Waals surface area contributed by atoms with Gasteiger partial charge >= 0.3 is 0 Å². The van der Waals surface area contributed by atoms with Crippen LogP contribution in [0.25, 0.3) is 0 Å². The SMILES string of the molecule is CC1CCC2CC(CCNC(=O)c3ccc(S(=O)(=O)N4CCOCC4)cc3)C(=O)NC2C1. The van der Waals surface area contributed by atoms with E-state index in [1.54, 1.807) is 0 Å². The maximum atomic E-state index is 12.7. The van der Waals surface area contributed by atoms with Crippen molar-refractivity contribution in [1.29, 1.82) is 0 Å². The van der Waals surface area contributed by atoms with E-state index >= 15 is 0 Å². The summed E-state index contributed by atoms with van der Waals surface area (Å²) in [6.45, 7) is 4.10. The number of hydrogen-bond acceptors (Lipinski definition) is 5. The first kappa shape index (κ1) is 23.2. The Morgan fingerprint density at radius 3 is 2.59 bits per heavy atom. The van der Waals surface area contributed by atoms with Crippen LogP contribution in [0.1, 0.15) is 49.4 Å². The van der Waals surface area contributed by atoms with E-state index in [-0.39, 0.29) is 22.6 Å². The smallest absolute Gasteiger partial charge is 0.251 e. The first-order valence-electron chi connectivity index (χ1n) is 11.6. The summed E-state index contributed by atoms with van der Waals surface area (Å²) in [4.78, 5) is 25.1. The Bertz CT molecular complexity index is 927. The Kier molecular flexibility index (Phi) is 7.17. The predicted octanol–water partition coefficient (Wildman–Crippen LogP) is 1.77. The molecule has 1 saturated carbocycles. The lowest BCUT2D eigenvalue weighted by Crippen LogP contribution is -2.52. The van der Waals surface area contributed by atoms with E-state index in [4.69, 9.17) is 4.74 Å². The van der Waals surface area contributed by atoms with Crippen LogP contribution in [0.2, 0.25) is 0 Å². The van der Waals surface area contributed by atoms with Crippen molar-refractivity contribution in [2.75, 3.05) is 32.8 Å². The molecule has 0 radical (unpaired) electrons.